The van der Waals surface area contributed by atoms with E-state index in [9.17, 15) is 4.79 Å². The lowest BCUT2D eigenvalue weighted by molar-refractivity contribution is -0.131. The van der Waals surface area contributed by atoms with Gasteiger partial charge in [0.1, 0.15) is 11.9 Å². The predicted molar refractivity (Wildman–Crippen MR) is 94.7 cm³/mol. The number of carbonyl (C=O) groups is 1. The second-order valence-electron chi connectivity index (χ2n) is 6.87. The maximum atomic E-state index is 12.1. The molecule has 1 aromatic heterocycles. The molecule has 3 rings (SSSR count). The first-order valence-corrected chi connectivity index (χ1v) is 8.90. The van der Waals surface area contributed by atoms with E-state index in [0.29, 0.717) is 24.4 Å². The van der Waals surface area contributed by atoms with Gasteiger partial charge in [0.15, 0.2) is 0 Å². The number of hydrogen-bond acceptors (Lipinski definition) is 4. The molecule has 1 saturated heterocycles. The standard InChI is InChI=1S/C19H27N3O2/c1-14(20-2)4-3-5-15-10-18(12-21-11-15)24-17-8-9-22(13-17)19(23)16-6-7-16/h3,5,10-12,14,16-17,20H,4,6-9,13H2,1-2H3/b5-3+/t14-,17-/m0/s1. The first-order chi connectivity index (χ1) is 11.7. The summed E-state index contributed by atoms with van der Waals surface area (Å²) in [5.74, 6) is 1.39. The van der Waals surface area contributed by atoms with Gasteiger partial charge in [-0.05, 0) is 44.9 Å². The molecule has 0 aromatic carbocycles. The highest BCUT2D eigenvalue weighted by Gasteiger charge is 2.37. The first-order valence-electron chi connectivity index (χ1n) is 8.90. The summed E-state index contributed by atoms with van der Waals surface area (Å²) in [4.78, 5) is 18.3. The van der Waals surface area contributed by atoms with Crippen LogP contribution in [0.1, 0.15) is 38.2 Å². The average Bonchev–Trinajstić information content (AvgIpc) is 3.34. The minimum absolute atomic E-state index is 0.0815. The molecule has 0 radical (unpaired) electrons. The van der Waals surface area contributed by atoms with E-state index >= 15 is 0 Å². The van der Waals surface area contributed by atoms with Crippen LogP contribution in [0.25, 0.3) is 6.08 Å². The number of carbonyl (C=O) groups excluding carboxylic acids is 1. The Morgan fingerprint density at radius 3 is 3.04 bits per heavy atom. The van der Waals surface area contributed by atoms with Gasteiger partial charge in [0.25, 0.3) is 0 Å². The maximum Gasteiger partial charge on any atom is 0.225 e. The molecule has 1 aromatic rings. The Morgan fingerprint density at radius 1 is 1.46 bits per heavy atom. The number of nitrogens with one attached hydrogen (secondary N) is 1. The van der Waals surface area contributed by atoms with Crippen molar-refractivity contribution < 1.29 is 9.53 Å². The fraction of sp³-hybridized carbons (Fsp3) is 0.579. The van der Waals surface area contributed by atoms with Crippen molar-refractivity contribution in [2.75, 3.05) is 20.1 Å². The van der Waals surface area contributed by atoms with Crippen LogP contribution < -0.4 is 10.1 Å². The molecule has 130 valence electrons. The van der Waals surface area contributed by atoms with Crippen LogP contribution >= 0.6 is 0 Å². The normalized spacial score (nSPS) is 22.1. The summed E-state index contributed by atoms with van der Waals surface area (Å²) in [7, 11) is 1.97. The van der Waals surface area contributed by atoms with Crippen molar-refractivity contribution >= 4 is 12.0 Å². The zero-order valence-electron chi connectivity index (χ0n) is 14.6. The van der Waals surface area contributed by atoms with Gasteiger partial charge in [-0.3, -0.25) is 9.78 Å². The number of aromatic nitrogens is 1. The molecular weight excluding hydrogens is 302 g/mol. The zero-order chi connectivity index (χ0) is 16.9. The topological polar surface area (TPSA) is 54.5 Å². The van der Waals surface area contributed by atoms with Crippen LogP contribution in [0.15, 0.2) is 24.5 Å². The lowest BCUT2D eigenvalue weighted by Gasteiger charge is -2.17. The monoisotopic (exact) mass is 329 g/mol. The van der Waals surface area contributed by atoms with Crippen molar-refractivity contribution in [2.45, 2.75) is 44.8 Å². The second kappa shape index (κ2) is 7.79. The smallest absolute Gasteiger partial charge is 0.225 e. The summed E-state index contributed by atoms with van der Waals surface area (Å²) in [6.45, 7) is 3.67. The largest absolute Gasteiger partial charge is 0.487 e. The molecule has 0 unspecified atom stereocenters. The number of pyridine rings is 1. The average molecular weight is 329 g/mol. The van der Waals surface area contributed by atoms with Crippen molar-refractivity contribution in [1.82, 2.24) is 15.2 Å². The van der Waals surface area contributed by atoms with Crippen LogP contribution in [0.2, 0.25) is 0 Å². The Bertz CT molecular complexity index is 598. The number of nitrogens with zero attached hydrogens (tertiary/aromatic N) is 2. The minimum Gasteiger partial charge on any atom is -0.487 e. The molecule has 2 heterocycles. The van der Waals surface area contributed by atoms with Gasteiger partial charge in [-0.25, -0.2) is 0 Å². The molecule has 1 N–H and O–H groups in total. The summed E-state index contributed by atoms with van der Waals surface area (Å²) in [5.41, 5.74) is 1.04. The Morgan fingerprint density at radius 2 is 2.29 bits per heavy atom. The van der Waals surface area contributed by atoms with Gasteiger partial charge in [0.2, 0.25) is 5.91 Å². The van der Waals surface area contributed by atoms with E-state index in [-0.39, 0.29) is 6.10 Å². The Balaban J connectivity index is 1.52. The van der Waals surface area contributed by atoms with Gasteiger partial charge in [0, 0.05) is 31.1 Å². The third kappa shape index (κ3) is 4.57. The Labute approximate surface area is 144 Å². The highest BCUT2D eigenvalue weighted by atomic mass is 16.5. The Hall–Kier alpha value is -1.88. The van der Waals surface area contributed by atoms with Crippen molar-refractivity contribution in [1.29, 1.82) is 0 Å². The highest BCUT2D eigenvalue weighted by molar-refractivity contribution is 5.81. The van der Waals surface area contributed by atoms with E-state index in [2.05, 4.69) is 29.4 Å². The predicted octanol–water partition coefficient (Wildman–Crippen LogP) is 2.48. The van der Waals surface area contributed by atoms with Crippen LogP contribution in [0.5, 0.6) is 5.75 Å². The summed E-state index contributed by atoms with van der Waals surface area (Å²) < 4.78 is 6.04. The molecular formula is C19H27N3O2. The van der Waals surface area contributed by atoms with Gasteiger partial charge in [0.05, 0.1) is 12.7 Å². The summed E-state index contributed by atoms with van der Waals surface area (Å²) in [6, 6.07) is 2.47. The van der Waals surface area contributed by atoms with Gasteiger partial charge < -0.3 is 15.0 Å². The maximum absolute atomic E-state index is 12.1. The van der Waals surface area contributed by atoms with E-state index in [1.54, 1.807) is 6.20 Å². The number of amides is 1. The van der Waals surface area contributed by atoms with Crippen molar-refractivity contribution in [3.05, 3.63) is 30.1 Å². The van der Waals surface area contributed by atoms with E-state index in [1.165, 1.54) is 0 Å². The molecule has 1 saturated carbocycles. The van der Waals surface area contributed by atoms with Crippen LogP contribution in [-0.2, 0) is 4.79 Å². The van der Waals surface area contributed by atoms with Gasteiger partial charge in [-0.15, -0.1) is 0 Å². The Kier molecular flexibility index (Phi) is 5.51. The SMILES string of the molecule is CN[C@@H](C)C/C=C/c1cncc(O[C@H]2CCN(C(=O)C3CC3)C2)c1. The van der Waals surface area contributed by atoms with Crippen LogP contribution in [0.4, 0.5) is 0 Å². The van der Waals surface area contributed by atoms with Crippen LogP contribution in [0, 0.1) is 5.92 Å². The first kappa shape index (κ1) is 17.0. The summed E-state index contributed by atoms with van der Waals surface area (Å²) >= 11 is 0. The quantitative estimate of drug-likeness (QED) is 0.835. The van der Waals surface area contributed by atoms with E-state index < -0.39 is 0 Å². The third-order valence-electron chi connectivity index (χ3n) is 4.71. The lowest BCUT2D eigenvalue weighted by atomic mass is 10.2. The van der Waals surface area contributed by atoms with E-state index in [4.69, 9.17) is 4.74 Å². The molecule has 1 aliphatic heterocycles. The third-order valence-corrected chi connectivity index (χ3v) is 4.71. The molecule has 2 atom stereocenters. The van der Waals surface area contributed by atoms with Crippen molar-refractivity contribution in [3.63, 3.8) is 0 Å². The number of rotatable bonds is 7. The summed E-state index contributed by atoms with van der Waals surface area (Å²) in [6.07, 6.45) is 11.9. The van der Waals surface area contributed by atoms with Gasteiger partial charge in [-0.1, -0.05) is 12.2 Å². The van der Waals surface area contributed by atoms with Crippen LogP contribution in [-0.4, -0.2) is 48.1 Å². The van der Waals surface area contributed by atoms with Crippen LogP contribution in [0.3, 0.4) is 0 Å². The highest BCUT2D eigenvalue weighted by Crippen LogP contribution is 2.32. The fourth-order valence-electron chi connectivity index (χ4n) is 2.92. The van der Waals surface area contributed by atoms with Crippen molar-refractivity contribution in [3.8, 4) is 5.75 Å². The lowest BCUT2D eigenvalue weighted by Crippen LogP contribution is -2.31. The van der Waals surface area contributed by atoms with E-state index in [0.717, 1.165) is 43.5 Å². The van der Waals surface area contributed by atoms with Crippen molar-refractivity contribution in [2.24, 2.45) is 5.92 Å². The molecule has 2 aliphatic rings. The molecule has 0 bridgehead atoms. The zero-order valence-corrected chi connectivity index (χ0v) is 14.6. The molecule has 0 spiro atoms. The van der Waals surface area contributed by atoms with Gasteiger partial charge >= 0.3 is 0 Å². The fourth-order valence-corrected chi connectivity index (χ4v) is 2.92. The number of ether oxygens (including phenoxy) is 1. The second-order valence-corrected chi connectivity index (χ2v) is 6.87. The number of hydrogen-bond donors (Lipinski definition) is 1. The molecule has 5 nitrogen and oxygen atoms in total. The van der Waals surface area contributed by atoms with E-state index in [1.807, 2.05) is 24.2 Å². The summed E-state index contributed by atoms with van der Waals surface area (Å²) in [5, 5.41) is 3.21. The molecule has 24 heavy (non-hydrogen) atoms. The molecule has 5 heteroatoms. The molecule has 2 fully saturated rings. The molecule has 1 aliphatic carbocycles. The van der Waals surface area contributed by atoms with Gasteiger partial charge in [-0.2, -0.15) is 0 Å². The number of likely N-dealkylation sites (tertiary alicyclic amines) is 1. The minimum atomic E-state index is 0.0815. The molecule has 1 amide bonds.